The van der Waals surface area contributed by atoms with Crippen LogP contribution < -0.4 is 5.32 Å². The summed E-state index contributed by atoms with van der Waals surface area (Å²) in [5, 5.41) is 15.1. The number of amides is 1. The van der Waals surface area contributed by atoms with Crippen molar-refractivity contribution in [3.05, 3.63) is 0 Å². The molecule has 0 aromatic carbocycles. The zero-order valence-corrected chi connectivity index (χ0v) is 11.9. The van der Waals surface area contributed by atoms with Gasteiger partial charge in [0.25, 0.3) is 5.91 Å². The summed E-state index contributed by atoms with van der Waals surface area (Å²) in [6.07, 6.45) is 0.0472. The summed E-state index contributed by atoms with van der Waals surface area (Å²) in [4.78, 5) is 27.6. The Morgan fingerprint density at radius 3 is 2.75 bits per heavy atom. The Labute approximate surface area is 117 Å². The summed E-state index contributed by atoms with van der Waals surface area (Å²) in [6, 6.07) is 0.00373. The Balaban J connectivity index is 1.84. The molecule has 1 aliphatic carbocycles. The van der Waals surface area contributed by atoms with Gasteiger partial charge in [-0.05, 0) is 13.3 Å². The van der Waals surface area contributed by atoms with Gasteiger partial charge in [-0.2, -0.15) is 0 Å². The van der Waals surface area contributed by atoms with Crippen molar-refractivity contribution >= 4 is 17.6 Å². The van der Waals surface area contributed by atoms with Crippen molar-refractivity contribution in [1.29, 1.82) is 0 Å². The minimum atomic E-state index is -1.15. The number of hydrogen-bond acceptors (Lipinski definition) is 5. The Morgan fingerprint density at radius 2 is 2.25 bits per heavy atom. The number of carbonyl (C=O) groups excluding carboxylic acids is 1. The zero-order chi connectivity index (χ0) is 14.9. The molecule has 2 aliphatic rings. The van der Waals surface area contributed by atoms with E-state index in [-0.39, 0.29) is 35.6 Å². The molecule has 7 heteroatoms. The molecule has 0 saturated heterocycles. The van der Waals surface area contributed by atoms with Crippen LogP contribution in [0.3, 0.4) is 0 Å². The first kappa shape index (κ1) is 14.8. The molecule has 1 amide bonds. The second-order valence-corrected chi connectivity index (χ2v) is 5.70. The van der Waals surface area contributed by atoms with Crippen molar-refractivity contribution in [2.45, 2.75) is 51.9 Å². The van der Waals surface area contributed by atoms with Gasteiger partial charge in [-0.25, -0.2) is 4.79 Å². The van der Waals surface area contributed by atoms with Crippen LogP contribution in [0.4, 0.5) is 0 Å². The Bertz CT molecular complexity index is 446. The number of carboxylic acids is 1. The van der Waals surface area contributed by atoms with Crippen molar-refractivity contribution in [3.63, 3.8) is 0 Å². The van der Waals surface area contributed by atoms with E-state index >= 15 is 0 Å². The third-order valence-electron chi connectivity index (χ3n) is 4.07. The smallest absolute Gasteiger partial charge is 0.353 e. The maximum absolute atomic E-state index is 12.0. The Morgan fingerprint density at radius 1 is 1.55 bits per heavy atom. The first-order valence-electron chi connectivity index (χ1n) is 6.74. The molecule has 1 aliphatic heterocycles. The van der Waals surface area contributed by atoms with Crippen LogP contribution in [0.5, 0.6) is 0 Å². The topological polar surface area (TPSA) is 97.2 Å². The zero-order valence-electron chi connectivity index (χ0n) is 11.9. The Kier molecular flexibility index (Phi) is 3.99. The molecular formula is C13H20N2O5. The molecule has 3 atom stereocenters. The van der Waals surface area contributed by atoms with E-state index in [9.17, 15) is 9.59 Å². The van der Waals surface area contributed by atoms with Crippen molar-refractivity contribution in [2.24, 2.45) is 10.6 Å². The SMILES string of the molecule is CCOC1CC(NC(=O)C2CC(C(=O)O)=NO2)C1(C)C. The first-order chi connectivity index (χ1) is 9.36. The third-order valence-corrected chi connectivity index (χ3v) is 4.07. The lowest BCUT2D eigenvalue weighted by Gasteiger charge is -2.51. The summed E-state index contributed by atoms with van der Waals surface area (Å²) >= 11 is 0. The molecule has 1 saturated carbocycles. The van der Waals surface area contributed by atoms with Gasteiger partial charge in [-0.3, -0.25) is 4.79 Å². The standard InChI is InChI=1S/C13H20N2O5/c1-4-19-10-6-9(13(10,2)3)14-11(16)8-5-7(12(17)18)15-20-8/h8-10H,4-6H2,1-3H3,(H,14,16)(H,17,18). The lowest BCUT2D eigenvalue weighted by atomic mass is 9.64. The monoisotopic (exact) mass is 284 g/mol. The van der Waals surface area contributed by atoms with E-state index in [1.54, 1.807) is 0 Å². The van der Waals surface area contributed by atoms with E-state index in [1.165, 1.54) is 0 Å². The minimum absolute atomic E-state index is 0.00318. The van der Waals surface area contributed by atoms with Crippen LogP contribution in [0.25, 0.3) is 0 Å². The number of ether oxygens (including phenoxy) is 1. The number of aliphatic carboxylic acids is 1. The number of nitrogens with one attached hydrogen (secondary N) is 1. The van der Waals surface area contributed by atoms with Gasteiger partial charge >= 0.3 is 5.97 Å². The number of nitrogens with zero attached hydrogens (tertiary/aromatic N) is 1. The lowest BCUT2D eigenvalue weighted by molar-refractivity contribution is -0.144. The quantitative estimate of drug-likeness (QED) is 0.767. The summed E-state index contributed by atoms with van der Waals surface area (Å²) in [6.45, 7) is 6.67. The van der Waals surface area contributed by atoms with E-state index in [0.717, 1.165) is 6.42 Å². The largest absolute Gasteiger partial charge is 0.477 e. The highest BCUT2D eigenvalue weighted by molar-refractivity contribution is 6.36. The van der Waals surface area contributed by atoms with Crippen molar-refractivity contribution in [3.8, 4) is 0 Å². The van der Waals surface area contributed by atoms with Gasteiger partial charge in [-0.15, -0.1) is 0 Å². The molecule has 0 aromatic heterocycles. The lowest BCUT2D eigenvalue weighted by Crippen LogP contribution is -2.63. The van der Waals surface area contributed by atoms with E-state index in [0.29, 0.717) is 6.61 Å². The van der Waals surface area contributed by atoms with E-state index < -0.39 is 12.1 Å². The van der Waals surface area contributed by atoms with Gasteiger partial charge in [0, 0.05) is 24.5 Å². The van der Waals surface area contributed by atoms with Crippen LogP contribution in [0.15, 0.2) is 5.16 Å². The van der Waals surface area contributed by atoms with Crippen molar-refractivity contribution in [1.82, 2.24) is 5.32 Å². The molecule has 0 bridgehead atoms. The van der Waals surface area contributed by atoms with Gasteiger partial charge in [0.15, 0.2) is 5.71 Å². The number of rotatable bonds is 5. The van der Waals surface area contributed by atoms with Crippen LogP contribution in [0.1, 0.15) is 33.6 Å². The molecule has 0 radical (unpaired) electrons. The molecule has 3 unspecified atom stereocenters. The van der Waals surface area contributed by atoms with Gasteiger partial charge in [-0.1, -0.05) is 19.0 Å². The molecule has 7 nitrogen and oxygen atoms in total. The number of hydrogen-bond donors (Lipinski definition) is 2. The molecule has 1 fully saturated rings. The number of carbonyl (C=O) groups is 2. The van der Waals surface area contributed by atoms with E-state index in [1.807, 2.05) is 20.8 Å². The summed E-state index contributed by atoms with van der Waals surface area (Å²) in [5.41, 5.74) is -0.258. The third kappa shape index (κ3) is 2.63. The molecule has 1 heterocycles. The van der Waals surface area contributed by atoms with Crippen LogP contribution >= 0.6 is 0 Å². The number of carboxylic acid groups (broad SMARTS) is 1. The molecule has 0 aromatic rings. The molecule has 112 valence electrons. The Hall–Kier alpha value is -1.63. The predicted octanol–water partition coefficient (Wildman–Crippen LogP) is 0.536. The van der Waals surface area contributed by atoms with E-state index in [4.69, 9.17) is 14.7 Å². The predicted molar refractivity (Wildman–Crippen MR) is 70.3 cm³/mol. The highest BCUT2D eigenvalue weighted by Gasteiger charge is 2.50. The maximum Gasteiger partial charge on any atom is 0.353 e. The summed E-state index contributed by atoms with van der Waals surface area (Å²) < 4.78 is 5.60. The maximum atomic E-state index is 12.0. The van der Waals surface area contributed by atoms with Crippen LogP contribution in [-0.2, 0) is 19.2 Å². The first-order valence-corrected chi connectivity index (χ1v) is 6.74. The van der Waals surface area contributed by atoms with Gasteiger partial charge in [0.05, 0.1) is 6.10 Å². The van der Waals surface area contributed by atoms with Gasteiger partial charge in [0.2, 0.25) is 6.10 Å². The summed E-state index contributed by atoms with van der Waals surface area (Å²) in [5.74, 6) is -1.47. The normalized spacial score (nSPS) is 30.9. The van der Waals surface area contributed by atoms with Gasteiger partial charge < -0.3 is 20.0 Å². The second kappa shape index (κ2) is 5.40. The fraction of sp³-hybridized carbons (Fsp3) is 0.769. The average molecular weight is 284 g/mol. The minimum Gasteiger partial charge on any atom is -0.477 e. The average Bonchev–Trinajstić information content (AvgIpc) is 2.87. The highest BCUT2D eigenvalue weighted by Crippen LogP contribution is 2.42. The molecule has 0 spiro atoms. The fourth-order valence-corrected chi connectivity index (χ4v) is 2.52. The molecule has 20 heavy (non-hydrogen) atoms. The van der Waals surface area contributed by atoms with Crippen LogP contribution in [0.2, 0.25) is 0 Å². The van der Waals surface area contributed by atoms with E-state index in [2.05, 4.69) is 10.5 Å². The van der Waals surface area contributed by atoms with Crippen molar-refractivity contribution < 1.29 is 24.3 Å². The van der Waals surface area contributed by atoms with Crippen molar-refractivity contribution in [2.75, 3.05) is 6.61 Å². The summed E-state index contributed by atoms with van der Waals surface area (Å²) in [7, 11) is 0. The molecular weight excluding hydrogens is 264 g/mol. The number of oxime groups is 1. The highest BCUT2D eigenvalue weighted by atomic mass is 16.6. The second-order valence-electron chi connectivity index (χ2n) is 5.70. The molecule has 2 N–H and O–H groups in total. The molecule has 2 rings (SSSR count). The van der Waals surface area contributed by atoms with Crippen LogP contribution in [0, 0.1) is 5.41 Å². The fourth-order valence-electron chi connectivity index (χ4n) is 2.52. The van der Waals surface area contributed by atoms with Crippen LogP contribution in [-0.4, -0.2) is 47.6 Å². The van der Waals surface area contributed by atoms with Gasteiger partial charge in [0.1, 0.15) is 0 Å².